The highest BCUT2D eigenvalue weighted by atomic mass is 35.5. The van der Waals surface area contributed by atoms with E-state index < -0.39 is 0 Å². The number of nitrogens with zero attached hydrogens (tertiary/aromatic N) is 4. The van der Waals surface area contributed by atoms with Gasteiger partial charge in [0.2, 0.25) is 0 Å². The van der Waals surface area contributed by atoms with Gasteiger partial charge in [0.1, 0.15) is 10.8 Å². The number of halogens is 2. The van der Waals surface area contributed by atoms with Crippen molar-refractivity contribution in [1.29, 1.82) is 0 Å². The minimum atomic E-state index is -0.296. The molecule has 0 aliphatic carbocycles. The summed E-state index contributed by atoms with van der Waals surface area (Å²) >= 11 is 11.9. The lowest BCUT2D eigenvalue weighted by molar-refractivity contribution is 0.0779. The first-order valence-corrected chi connectivity index (χ1v) is 7.96. The van der Waals surface area contributed by atoms with Crippen LogP contribution >= 0.6 is 23.2 Å². The second kappa shape index (κ2) is 7.03. The third-order valence-electron chi connectivity index (χ3n) is 3.44. The molecule has 122 valence electrons. The quantitative estimate of drug-likeness (QED) is 0.664. The molecule has 5 nitrogen and oxygen atoms in total. The molecule has 0 radical (unpaired) electrons. The summed E-state index contributed by atoms with van der Waals surface area (Å²) in [5.41, 5.74) is 1.99. The van der Waals surface area contributed by atoms with Crippen LogP contribution in [0.4, 0.5) is 0 Å². The van der Waals surface area contributed by atoms with Crippen LogP contribution in [-0.4, -0.2) is 32.6 Å². The van der Waals surface area contributed by atoms with Crippen LogP contribution in [0.15, 0.2) is 54.9 Å². The van der Waals surface area contributed by atoms with Gasteiger partial charge in [0, 0.05) is 25.4 Å². The molecule has 0 atom stereocenters. The number of aromatic nitrogens is 3. The van der Waals surface area contributed by atoms with E-state index in [1.165, 1.54) is 4.90 Å². The Labute approximate surface area is 149 Å². The van der Waals surface area contributed by atoms with Crippen molar-refractivity contribution in [2.24, 2.45) is 0 Å². The van der Waals surface area contributed by atoms with Crippen molar-refractivity contribution >= 4 is 29.1 Å². The highest BCUT2D eigenvalue weighted by Gasteiger charge is 2.18. The van der Waals surface area contributed by atoms with Crippen LogP contribution in [0.5, 0.6) is 0 Å². The van der Waals surface area contributed by atoms with E-state index in [9.17, 15) is 4.79 Å². The van der Waals surface area contributed by atoms with Gasteiger partial charge in [-0.25, -0.2) is 9.67 Å². The molecule has 2 heterocycles. The van der Waals surface area contributed by atoms with Gasteiger partial charge in [0.25, 0.3) is 5.91 Å². The molecule has 3 rings (SSSR count). The zero-order chi connectivity index (χ0) is 17.1. The monoisotopic (exact) mass is 360 g/mol. The normalized spacial score (nSPS) is 10.6. The SMILES string of the molecule is CN(Cc1cnn(-c2ccccc2)c1)C(=O)c1nc(Cl)ccc1Cl. The predicted octanol–water partition coefficient (Wildman–Crippen LogP) is 3.85. The molecule has 3 aromatic rings. The van der Waals surface area contributed by atoms with Crippen molar-refractivity contribution in [3.8, 4) is 5.69 Å². The molecule has 24 heavy (non-hydrogen) atoms. The Hall–Kier alpha value is -2.37. The van der Waals surface area contributed by atoms with E-state index in [1.54, 1.807) is 30.1 Å². The van der Waals surface area contributed by atoms with Gasteiger partial charge in [-0.1, -0.05) is 41.4 Å². The van der Waals surface area contributed by atoms with Gasteiger partial charge in [-0.3, -0.25) is 4.79 Å². The molecule has 7 heteroatoms. The van der Waals surface area contributed by atoms with Crippen LogP contribution in [0, 0.1) is 0 Å². The summed E-state index contributed by atoms with van der Waals surface area (Å²) in [7, 11) is 1.68. The van der Waals surface area contributed by atoms with Crippen molar-refractivity contribution in [2.75, 3.05) is 7.05 Å². The van der Waals surface area contributed by atoms with Gasteiger partial charge in [-0.2, -0.15) is 5.10 Å². The fourth-order valence-electron chi connectivity index (χ4n) is 2.26. The molecule has 2 aromatic heterocycles. The van der Waals surface area contributed by atoms with Crippen LogP contribution in [0.2, 0.25) is 10.2 Å². The predicted molar refractivity (Wildman–Crippen MR) is 93.6 cm³/mol. The number of carbonyl (C=O) groups is 1. The second-order valence-electron chi connectivity index (χ2n) is 5.25. The Bertz CT molecular complexity index is 864. The molecule has 1 aromatic carbocycles. The summed E-state index contributed by atoms with van der Waals surface area (Å²) in [6, 6.07) is 12.9. The minimum Gasteiger partial charge on any atom is -0.336 e. The van der Waals surface area contributed by atoms with Crippen molar-refractivity contribution in [3.63, 3.8) is 0 Å². The van der Waals surface area contributed by atoms with Crippen LogP contribution in [0.3, 0.4) is 0 Å². The fourth-order valence-corrected chi connectivity index (χ4v) is 2.59. The molecule has 0 N–H and O–H groups in total. The Balaban J connectivity index is 1.75. The highest BCUT2D eigenvalue weighted by molar-refractivity contribution is 6.34. The third kappa shape index (κ3) is 3.58. The largest absolute Gasteiger partial charge is 0.336 e. The molecular weight excluding hydrogens is 347 g/mol. The summed E-state index contributed by atoms with van der Waals surface area (Å²) < 4.78 is 1.76. The van der Waals surface area contributed by atoms with Crippen molar-refractivity contribution in [2.45, 2.75) is 6.54 Å². The minimum absolute atomic E-state index is 0.141. The van der Waals surface area contributed by atoms with Crippen LogP contribution < -0.4 is 0 Å². The number of carbonyl (C=O) groups excluding carboxylic acids is 1. The summed E-state index contributed by atoms with van der Waals surface area (Å²) in [6.45, 7) is 0.385. The zero-order valence-corrected chi connectivity index (χ0v) is 14.4. The van der Waals surface area contributed by atoms with Crippen molar-refractivity contribution < 1.29 is 4.79 Å². The Kier molecular flexibility index (Phi) is 4.83. The van der Waals surface area contributed by atoms with E-state index in [2.05, 4.69) is 10.1 Å². The van der Waals surface area contributed by atoms with Crippen molar-refractivity contribution in [3.05, 3.63) is 76.3 Å². The molecule has 0 bridgehead atoms. The first-order chi connectivity index (χ1) is 11.5. The van der Waals surface area contributed by atoms with Gasteiger partial charge in [0.15, 0.2) is 0 Å². The summed E-state index contributed by atoms with van der Waals surface area (Å²) in [5.74, 6) is -0.296. The summed E-state index contributed by atoms with van der Waals surface area (Å²) in [5, 5.41) is 4.82. The number of hydrogen-bond donors (Lipinski definition) is 0. The number of para-hydroxylation sites is 1. The molecule has 0 saturated carbocycles. The second-order valence-corrected chi connectivity index (χ2v) is 6.05. The molecule has 1 amide bonds. The molecule has 0 aliphatic heterocycles. The van der Waals surface area contributed by atoms with Gasteiger partial charge >= 0.3 is 0 Å². The van der Waals surface area contributed by atoms with Gasteiger partial charge in [-0.05, 0) is 24.3 Å². The third-order valence-corrected chi connectivity index (χ3v) is 3.95. The fraction of sp³-hybridized carbons (Fsp3) is 0.118. The molecular formula is C17H14Cl2N4O. The summed E-state index contributed by atoms with van der Waals surface area (Å²) in [4.78, 5) is 18.0. The summed E-state index contributed by atoms with van der Waals surface area (Å²) in [6.07, 6.45) is 3.61. The van der Waals surface area contributed by atoms with Crippen LogP contribution in [-0.2, 0) is 6.54 Å². The van der Waals surface area contributed by atoms with Crippen LogP contribution in [0.1, 0.15) is 16.1 Å². The van der Waals surface area contributed by atoms with Crippen LogP contribution in [0.25, 0.3) is 5.69 Å². The number of hydrogen-bond acceptors (Lipinski definition) is 3. The lowest BCUT2D eigenvalue weighted by Gasteiger charge is -2.16. The number of benzene rings is 1. The molecule has 0 aliphatic rings. The van der Waals surface area contributed by atoms with E-state index in [-0.39, 0.29) is 21.8 Å². The lowest BCUT2D eigenvalue weighted by Crippen LogP contribution is -2.27. The van der Waals surface area contributed by atoms with Gasteiger partial charge in [0.05, 0.1) is 16.9 Å². The Morgan fingerprint density at radius 2 is 1.92 bits per heavy atom. The van der Waals surface area contributed by atoms with Gasteiger partial charge in [-0.15, -0.1) is 0 Å². The number of pyridine rings is 1. The first kappa shape index (κ1) is 16.5. The smallest absolute Gasteiger partial charge is 0.274 e. The average molecular weight is 361 g/mol. The topological polar surface area (TPSA) is 51.0 Å². The zero-order valence-electron chi connectivity index (χ0n) is 12.9. The maximum atomic E-state index is 12.5. The Morgan fingerprint density at radius 1 is 1.17 bits per heavy atom. The van der Waals surface area contributed by atoms with E-state index >= 15 is 0 Å². The molecule has 0 spiro atoms. The highest BCUT2D eigenvalue weighted by Crippen LogP contribution is 2.19. The van der Waals surface area contributed by atoms with Gasteiger partial charge < -0.3 is 4.90 Å². The standard InChI is InChI=1S/C17H14Cl2N4O/c1-22(17(24)16-14(18)7-8-15(19)21-16)10-12-9-20-23(11-12)13-5-3-2-4-6-13/h2-9,11H,10H2,1H3. The molecule has 0 saturated heterocycles. The van der Waals surface area contributed by atoms with E-state index in [0.29, 0.717) is 6.54 Å². The number of amides is 1. The maximum Gasteiger partial charge on any atom is 0.274 e. The van der Waals surface area contributed by atoms with Crippen molar-refractivity contribution in [1.82, 2.24) is 19.7 Å². The Morgan fingerprint density at radius 3 is 2.67 bits per heavy atom. The van der Waals surface area contributed by atoms with E-state index in [4.69, 9.17) is 23.2 Å². The first-order valence-electron chi connectivity index (χ1n) is 7.21. The average Bonchev–Trinajstić information content (AvgIpc) is 3.05. The van der Waals surface area contributed by atoms with E-state index in [0.717, 1.165) is 11.3 Å². The molecule has 0 fully saturated rings. The number of rotatable bonds is 4. The molecule has 0 unspecified atom stereocenters. The van der Waals surface area contributed by atoms with E-state index in [1.807, 2.05) is 36.5 Å². The lowest BCUT2D eigenvalue weighted by atomic mass is 10.3. The maximum absolute atomic E-state index is 12.5.